The van der Waals surface area contributed by atoms with Crippen molar-refractivity contribution in [2.45, 2.75) is 31.8 Å². The zero-order chi connectivity index (χ0) is 10.5. The highest BCUT2D eigenvalue weighted by Gasteiger charge is 2.18. The second-order valence-electron chi connectivity index (χ2n) is 4.22. The first-order chi connectivity index (χ1) is 7.40. The van der Waals surface area contributed by atoms with Gasteiger partial charge in [-0.15, -0.1) is 11.3 Å². The molecule has 84 valence electrons. The molecule has 0 aromatic carbocycles. The maximum absolute atomic E-state index is 5.90. The monoisotopic (exact) mass is 225 g/mol. The molecule has 2 rings (SSSR count). The van der Waals surface area contributed by atoms with Gasteiger partial charge >= 0.3 is 0 Å². The average molecular weight is 225 g/mol. The van der Waals surface area contributed by atoms with Gasteiger partial charge in [0.1, 0.15) is 6.10 Å². The third-order valence-corrected chi connectivity index (χ3v) is 4.05. The summed E-state index contributed by atoms with van der Waals surface area (Å²) in [4.78, 5) is 1.26. The summed E-state index contributed by atoms with van der Waals surface area (Å²) in [5, 5.41) is 2.08. The van der Waals surface area contributed by atoms with E-state index in [1.165, 1.54) is 30.6 Å². The van der Waals surface area contributed by atoms with Gasteiger partial charge in [-0.05, 0) is 30.2 Å². The average Bonchev–Trinajstić information content (AvgIpc) is 2.90. The van der Waals surface area contributed by atoms with Crippen LogP contribution < -0.4 is 5.73 Å². The van der Waals surface area contributed by atoms with E-state index in [4.69, 9.17) is 10.5 Å². The summed E-state index contributed by atoms with van der Waals surface area (Å²) in [7, 11) is 0. The maximum Gasteiger partial charge on any atom is 0.104 e. The van der Waals surface area contributed by atoms with Crippen LogP contribution in [0.15, 0.2) is 17.5 Å². The number of ether oxygens (including phenoxy) is 1. The van der Waals surface area contributed by atoms with Crippen molar-refractivity contribution in [2.75, 3.05) is 13.2 Å². The van der Waals surface area contributed by atoms with Crippen LogP contribution in [-0.4, -0.2) is 13.2 Å². The highest BCUT2D eigenvalue weighted by atomic mass is 32.1. The van der Waals surface area contributed by atoms with Gasteiger partial charge in [0.15, 0.2) is 0 Å². The molecule has 1 unspecified atom stereocenters. The molecule has 3 heteroatoms. The fraction of sp³-hybridized carbons (Fsp3) is 0.667. The van der Waals surface area contributed by atoms with Crippen LogP contribution >= 0.6 is 11.3 Å². The first-order valence-corrected chi connectivity index (χ1v) is 6.63. The number of rotatable bonds is 5. The molecular weight excluding hydrogens is 206 g/mol. The van der Waals surface area contributed by atoms with Gasteiger partial charge in [-0.25, -0.2) is 0 Å². The van der Waals surface area contributed by atoms with Gasteiger partial charge in [0.05, 0.1) is 6.61 Å². The second kappa shape index (κ2) is 5.64. The van der Waals surface area contributed by atoms with Crippen molar-refractivity contribution in [2.24, 2.45) is 11.7 Å². The summed E-state index contributed by atoms with van der Waals surface area (Å²) < 4.78 is 5.90. The Balaban J connectivity index is 1.80. The topological polar surface area (TPSA) is 35.2 Å². The molecule has 1 atom stereocenters. The Bertz CT molecular complexity index is 267. The first-order valence-electron chi connectivity index (χ1n) is 5.75. The minimum Gasteiger partial charge on any atom is -0.371 e. The SMILES string of the molecule is NCC(OCC1CCCC1)c1cccs1. The Labute approximate surface area is 95.4 Å². The Kier molecular flexibility index (Phi) is 4.18. The van der Waals surface area contributed by atoms with Gasteiger partial charge in [0.25, 0.3) is 0 Å². The van der Waals surface area contributed by atoms with Crippen molar-refractivity contribution in [1.29, 1.82) is 0 Å². The lowest BCUT2D eigenvalue weighted by Gasteiger charge is -2.17. The van der Waals surface area contributed by atoms with Crippen molar-refractivity contribution < 1.29 is 4.74 Å². The fourth-order valence-electron chi connectivity index (χ4n) is 2.17. The van der Waals surface area contributed by atoms with E-state index in [1.54, 1.807) is 11.3 Å². The molecule has 1 aliphatic rings. The summed E-state index contributed by atoms with van der Waals surface area (Å²) in [5.74, 6) is 0.777. The molecule has 1 aromatic rings. The predicted molar refractivity (Wildman–Crippen MR) is 64.0 cm³/mol. The fourth-order valence-corrected chi connectivity index (χ4v) is 2.96. The van der Waals surface area contributed by atoms with Crippen LogP contribution in [0, 0.1) is 5.92 Å². The second-order valence-corrected chi connectivity index (χ2v) is 5.20. The smallest absolute Gasteiger partial charge is 0.104 e. The molecule has 2 N–H and O–H groups in total. The van der Waals surface area contributed by atoms with Crippen LogP contribution in [0.1, 0.15) is 36.7 Å². The third-order valence-electron chi connectivity index (χ3n) is 3.08. The van der Waals surface area contributed by atoms with E-state index < -0.39 is 0 Å². The summed E-state index contributed by atoms with van der Waals surface area (Å²) in [5.41, 5.74) is 5.73. The Morgan fingerprint density at radius 2 is 2.27 bits per heavy atom. The summed E-state index contributed by atoms with van der Waals surface area (Å²) in [6, 6.07) is 4.17. The van der Waals surface area contributed by atoms with Crippen LogP contribution in [0.2, 0.25) is 0 Å². The molecule has 15 heavy (non-hydrogen) atoms. The normalized spacial score (nSPS) is 19.5. The van der Waals surface area contributed by atoms with Gasteiger partial charge in [0, 0.05) is 11.4 Å². The van der Waals surface area contributed by atoms with E-state index in [9.17, 15) is 0 Å². The molecule has 0 bridgehead atoms. The zero-order valence-corrected chi connectivity index (χ0v) is 9.84. The molecular formula is C12H19NOS. The minimum atomic E-state index is 0.116. The Morgan fingerprint density at radius 1 is 1.47 bits per heavy atom. The van der Waals surface area contributed by atoms with Crippen LogP contribution in [0.5, 0.6) is 0 Å². The van der Waals surface area contributed by atoms with E-state index >= 15 is 0 Å². The number of hydrogen-bond acceptors (Lipinski definition) is 3. The molecule has 1 saturated carbocycles. The predicted octanol–water partition coefficient (Wildman–Crippen LogP) is 2.95. The molecule has 0 radical (unpaired) electrons. The van der Waals surface area contributed by atoms with Gasteiger partial charge in [-0.3, -0.25) is 0 Å². The molecule has 0 aliphatic heterocycles. The van der Waals surface area contributed by atoms with Crippen molar-refractivity contribution in [3.05, 3.63) is 22.4 Å². The Hall–Kier alpha value is -0.380. The van der Waals surface area contributed by atoms with E-state index in [-0.39, 0.29) is 6.10 Å². The Morgan fingerprint density at radius 3 is 2.87 bits per heavy atom. The summed E-state index contributed by atoms with van der Waals surface area (Å²) in [6.07, 6.45) is 5.54. The third kappa shape index (κ3) is 3.03. The van der Waals surface area contributed by atoms with Gasteiger partial charge < -0.3 is 10.5 Å². The highest BCUT2D eigenvalue weighted by Crippen LogP contribution is 2.28. The minimum absolute atomic E-state index is 0.116. The van der Waals surface area contributed by atoms with Gasteiger partial charge in [0.2, 0.25) is 0 Å². The maximum atomic E-state index is 5.90. The first kappa shape index (κ1) is 11.1. The van der Waals surface area contributed by atoms with Crippen molar-refractivity contribution >= 4 is 11.3 Å². The van der Waals surface area contributed by atoms with Crippen molar-refractivity contribution in [3.8, 4) is 0 Å². The summed E-state index contributed by atoms with van der Waals surface area (Å²) >= 11 is 1.73. The van der Waals surface area contributed by atoms with Crippen LogP contribution in [0.25, 0.3) is 0 Å². The van der Waals surface area contributed by atoms with Crippen molar-refractivity contribution in [1.82, 2.24) is 0 Å². The lowest BCUT2D eigenvalue weighted by molar-refractivity contribution is 0.0367. The van der Waals surface area contributed by atoms with E-state index in [1.807, 2.05) is 0 Å². The lowest BCUT2D eigenvalue weighted by atomic mass is 10.1. The van der Waals surface area contributed by atoms with Crippen molar-refractivity contribution in [3.63, 3.8) is 0 Å². The van der Waals surface area contributed by atoms with Crippen LogP contribution in [0.3, 0.4) is 0 Å². The van der Waals surface area contributed by atoms with E-state index in [2.05, 4.69) is 17.5 Å². The molecule has 1 fully saturated rings. The summed E-state index contributed by atoms with van der Waals surface area (Å²) in [6.45, 7) is 1.48. The van der Waals surface area contributed by atoms with Gasteiger partial charge in [-0.1, -0.05) is 18.9 Å². The van der Waals surface area contributed by atoms with E-state index in [0.717, 1.165) is 12.5 Å². The molecule has 0 saturated heterocycles. The highest BCUT2D eigenvalue weighted by molar-refractivity contribution is 7.10. The zero-order valence-electron chi connectivity index (χ0n) is 9.02. The molecule has 0 amide bonds. The molecule has 1 aliphatic carbocycles. The largest absolute Gasteiger partial charge is 0.371 e. The van der Waals surface area contributed by atoms with Crippen LogP contribution in [-0.2, 0) is 4.74 Å². The standard InChI is InChI=1S/C12H19NOS/c13-8-11(12-6-3-7-15-12)14-9-10-4-1-2-5-10/h3,6-7,10-11H,1-2,4-5,8-9,13H2. The van der Waals surface area contributed by atoms with Crippen LogP contribution in [0.4, 0.5) is 0 Å². The molecule has 1 heterocycles. The molecule has 0 spiro atoms. The number of hydrogen-bond donors (Lipinski definition) is 1. The van der Waals surface area contributed by atoms with E-state index in [0.29, 0.717) is 6.54 Å². The number of thiophene rings is 1. The molecule has 2 nitrogen and oxygen atoms in total. The lowest BCUT2D eigenvalue weighted by Crippen LogP contribution is -2.18. The van der Waals surface area contributed by atoms with Gasteiger partial charge in [-0.2, -0.15) is 0 Å². The quantitative estimate of drug-likeness (QED) is 0.836. The number of nitrogens with two attached hydrogens (primary N) is 1. The molecule has 1 aromatic heterocycles.